The van der Waals surface area contributed by atoms with Crippen molar-refractivity contribution in [1.82, 2.24) is 0 Å². The Hall–Kier alpha value is -1.67. The highest BCUT2D eigenvalue weighted by atomic mass is 19.3. The number of benzene rings is 1. The van der Waals surface area contributed by atoms with Gasteiger partial charge in [-0.1, -0.05) is 6.07 Å². The molecular weight excluding hydrogens is 190 g/mol. The molecule has 0 aliphatic carbocycles. The molecule has 0 fully saturated rings. The molecule has 2 N–H and O–H groups in total. The van der Waals surface area contributed by atoms with Crippen molar-refractivity contribution < 1.29 is 13.5 Å². The van der Waals surface area contributed by atoms with Crippen LogP contribution < -0.4 is 10.5 Å². The van der Waals surface area contributed by atoms with Crippen LogP contribution in [-0.2, 0) is 0 Å². The number of nitrogens with two attached hydrogens (primary N) is 1. The quantitative estimate of drug-likeness (QED) is 0.800. The number of rotatable bonds is 3. The average Bonchev–Trinajstić information content (AvgIpc) is 2.17. The Morgan fingerprint density at radius 3 is 2.79 bits per heavy atom. The second-order valence-corrected chi connectivity index (χ2v) is 2.58. The lowest BCUT2D eigenvalue weighted by Crippen LogP contribution is -2.34. The molecule has 0 atom stereocenters. The lowest BCUT2D eigenvalue weighted by atomic mass is 10.2. The van der Waals surface area contributed by atoms with E-state index in [0.717, 1.165) is 0 Å². The summed E-state index contributed by atoms with van der Waals surface area (Å²) in [5.74, 6) is -0.0699. The first-order valence-corrected chi connectivity index (χ1v) is 3.84. The second kappa shape index (κ2) is 4.03. The van der Waals surface area contributed by atoms with Crippen LogP contribution in [0, 0.1) is 11.3 Å². The van der Waals surface area contributed by atoms with E-state index in [4.69, 9.17) is 11.0 Å². The highest BCUT2D eigenvalue weighted by Crippen LogP contribution is 2.21. The summed E-state index contributed by atoms with van der Waals surface area (Å²) in [4.78, 5) is 0. The number of alkyl halides is 2. The monoisotopic (exact) mass is 198 g/mol. The summed E-state index contributed by atoms with van der Waals surface area (Å²) in [5.41, 5.74) is 5.04. The van der Waals surface area contributed by atoms with Gasteiger partial charge in [0.05, 0.1) is 18.2 Å². The van der Waals surface area contributed by atoms with Crippen LogP contribution in [-0.4, -0.2) is 12.7 Å². The molecule has 0 bridgehead atoms. The van der Waals surface area contributed by atoms with E-state index in [-0.39, 0.29) is 11.3 Å². The van der Waals surface area contributed by atoms with E-state index < -0.39 is 12.7 Å². The molecule has 3 nitrogen and oxygen atoms in total. The zero-order valence-electron chi connectivity index (χ0n) is 7.21. The van der Waals surface area contributed by atoms with Crippen molar-refractivity contribution in [3.05, 3.63) is 29.8 Å². The SMILES string of the molecule is N#Cc1cccc(OC(F)(F)CN)c1. The smallest absolute Gasteiger partial charge is 0.410 e. The minimum atomic E-state index is -3.39. The van der Waals surface area contributed by atoms with Crippen LogP contribution in [0.15, 0.2) is 24.3 Å². The van der Waals surface area contributed by atoms with Gasteiger partial charge in [-0.05, 0) is 18.2 Å². The van der Waals surface area contributed by atoms with Gasteiger partial charge in [-0.25, -0.2) is 0 Å². The van der Waals surface area contributed by atoms with Gasteiger partial charge in [-0.15, -0.1) is 0 Å². The van der Waals surface area contributed by atoms with Crippen LogP contribution in [0.2, 0.25) is 0 Å². The molecule has 0 spiro atoms. The van der Waals surface area contributed by atoms with E-state index >= 15 is 0 Å². The van der Waals surface area contributed by atoms with Crippen LogP contribution >= 0.6 is 0 Å². The van der Waals surface area contributed by atoms with Crippen molar-refractivity contribution in [3.8, 4) is 11.8 Å². The Bertz CT molecular complexity index is 360. The maximum Gasteiger partial charge on any atom is 0.410 e. The molecule has 74 valence electrons. The summed E-state index contributed by atoms with van der Waals surface area (Å²) < 4.78 is 29.6. The molecule has 0 saturated heterocycles. The van der Waals surface area contributed by atoms with Gasteiger partial charge < -0.3 is 10.5 Å². The van der Waals surface area contributed by atoms with Gasteiger partial charge in [-0.3, -0.25) is 0 Å². The standard InChI is InChI=1S/C9H8F2N2O/c10-9(11,6-13)14-8-3-1-2-7(4-8)5-12/h1-4H,6,13H2. The Balaban J connectivity index is 2.83. The molecule has 0 aliphatic heterocycles. The number of halogens is 2. The molecular formula is C9H8F2N2O. The first-order chi connectivity index (χ1) is 6.57. The largest absolute Gasteiger partial charge is 0.432 e. The van der Waals surface area contributed by atoms with E-state index in [1.54, 1.807) is 0 Å². The van der Waals surface area contributed by atoms with Gasteiger partial charge in [0.2, 0.25) is 0 Å². The van der Waals surface area contributed by atoms with Gasteiger partial charge in [0.25, 0.3) is 0 Å². The van der Waals surface area contributed by atoms with Gasteiger partial charge >= 0.3 is 6.11 Å². The molecule has 1 aromatic carbocycles. The van der Waals surface area contributed by atoms with Crippen molar-refractivity contribution in [1.29, 1.82) is 5.26 Å². The number of hydrogen-bond donors (Lipinski definition) is 1. The molecule has 5 heteroatoms. The van der Waals surface area contributed by atoms with Gasteiger partial charge in [-0.2, -0.15) is 14.0 Å². The van der Waals surface area contributed by atoms with E-state index in [2.05, 4.69) is 4.74 Å². The molecule has 0 aliphatic rings. The van der Waals surface area contributed by atoms with Crippen LogP contribution in [0.1, 0.15) is 5.56 Å². The van der Waals surface area contributed by atoms with E-state index in [1.165, 1.54) is 24.3 Å². The molecule has 0 amide bonds. The highest BCUT2D eigenvalue weighted by molar-refractivity contribution is 5.36. The van der Waals surface area contributed by atoms with Crippen LogP contribution in [0.25, 0.3) is 0 Å². The Morgan fingerprint density at radius 1 is 1.50 bits per heavy atom. The van der Waals surface area contributed by atoms with Crippen molar-refractivity contribution in [2.24, 2.45) is 5.73 Å². The Labute approximate surface area is 79.7 Å². The molecule has 0 heterocycles. The molecule has 14 heavy (non-hydrogen) atoms. The fraction of sp³-hybridized carbons (Fsp3) is 0.222. The second-order valence-electron chi connectivity index (χ2n) is 2.58. The van der Waals surface area contributed by atoms with Crippen molar-refractivity contribution >= 4 is 0 Å². The zero-order valence-corrected chi connectivity index (χ0v) is 7.21. The minimum absolute atomic E-state index is 0.0699. The summed E-state index contributed by atoms with van der Waals surface area (Å²) in [7, 11) is 0. The third-order valence-corrected chi connectivity index (χ3v) is 1.47. The number of nitriles is 1. The van der Waals surface area contributed by atoms with Gasteiger partial charge in [0.1, 0.15) is 5.75 Å². The number of ether oxygens (including phenoxy) is 1. The summed E-state index contributed by atoms with van der Waals surface area (Å²) >= 11 is 0. The molecule has 0 saturated carbocycles. The maximum atomic E-state index is 12.6. The van der Waals surface area contributed by atoms with Crippen LogP contribution in [0.4, 0.5) is 8.78 Å². The lowest BCUT2D eigenvalue weighted by Gasteiger charge is -2.15. The van der Waals surface area contributed by atoms with E-state index in [9.17, 15) is 8.78 Å². The molecule has 0 radical (unpaired) electrons. The first-order valence-electron chi connectivity index (χ1n) is 3.84. The summed E-state index contributed by atoms with van der Waals surface area (Å²) in [5, 5.41) is 8.50. The van der Waals surface area contributed by atoms with Crippen LogP contribution in [0.3, 0.4) is 0 Å². The third kappa shape index (κ3) is 2.68. The van der Waals surface area contributed by atoms with E-state index in [1.807, 2.05) is 6.07 Å². The van der Waals surface area contributed by atoms with Crippen molar-refractivity contribution in [2.75, 3.05) is 6.54 Å². The zero-order chi connectivity index (χ0) is 10.6. The predicted molar refractivity (Wildman–Crippen MR) is 45.8 cm³/mol. The fourth-order valence-corrected chi connectivity index (χ4v) is 0.843. The molecule has 0 unspecified atom stereocenters. The Morgan fingerprint density at radius 2 is 2.21 bits per heavy atom. The predicted octanol–water partition coefficient (Wildman–Crippen LogP) is 1.49. The molecule has 1 rings (SSSR count). The van der Waals surface area contributed by atoms with Crippen LogP contribution in [0.5, 0.6) is 5.75 Å². The maximum absolute atomic E-state index is 12.6. The highest BCUT2D eigenvalue weighted by Gasteiger charge is 2.29. The minimum Gasteiger partial charge on any atom is -0.432 e. The third-order valence-electron chi connectivity index (χ3n) is 1.47. The lowest BCUT2D eigenvalue weighted by molar-refractivity contribution is -0.166. The summed E-state index contributed by atoms with van der Waals surface area (Å²) in [6, 6.07) is 7.33. The van der Waals surface area contributed by atoms with Crippen molar-refractivity contribution in [3.63, 3.8) is 0 Å². The average molecular weight is 198 g/mol. The first kappa shape index (κ1) is 10.4. The van der Waals surface area contributed by atoms with Crippen molar-refractivity contribution in [2.45, 2.75) is 6.11 Å². The summed E-state index contributed by atoms with van der Waals surface area (Å²) in [6.07, 6.45) is -3.39. The normalized spacial score (nSPS) is 10.7. The summed E-state index contributed by atoms with van der Waals surface area (Å²) in [6.45, 7) is -0.899. The number of hydrogen-bond acceptors (Lipinski definition) is 3. The molecule has 0 aromatic heterocycles. The van der Waals surface area contributed by atoms with Gasteiger partial charge in [0, 0.05) is 0 Å². The fourth-order valence-electron chi connectivity index (χ4n) is 0.843. The topological polar surface area (TPSA) is 59.0 Å². The Kier molecular flexibility index (Phi) is 2.99. The van der Waals surface area contributed by atoms with E-state index in [0.29, 0.717) is 0 Å². The van der Waals surface area contributed by atoms with Gasteiger partial charge in [0.15, 0.2) is 0 Å². The molecule has 1 aromatic rings. The number of nitrogens with zero attached hydrogens (tertiary/aromatic N) is 1.